The summed E-state index contributed by atoms with van der Waals surface area (Å²) in [4.78, 5) is 11.1. The first-order valence-corrected chi connectivity index (χ1v) is 6.48. The molecule has 110 valence electrons. The van der Waals surface area contributed by atoms with Crippen molar-refractivity contribution in [3.8, 4) is 11.5 Å². The minimum atomic E-state index is -0.440. The maximum atomic E-state index is 11.1. The third-order valence-electron chi connectivity index (χ3n) is 3.09. The van der Waals surface area contributed by atoms with Gasteiger partial charge in [-0.1, -0.05) is 12.1 Å². The molecule has 21 heavy (non-hydrogen) atoms. The molecule has 3 N–H and O–H groups in total. The SMILES string of the molecule is COc1ccc(CNc2cccc(C(N)=O)c2)cc1OC. The first kappa shape index (κ1) is 14.7. The van der Waals surface area contributed by atoms with Crippen molar-refractivity contribution >= 4 is 11.6 Å². The number of hydrogen-bond donors (Lipinski definition) is 2. The Morgan fingerprint density at radius 1 is 1.10 bits per heavy atom. The highest BCUT2D eigenvalue weighted by Gasteiger charge is 2.05. The van der Waals surface area contributed by atoms with Gasteiger partial charge in [0, 0.05) is 17.8 Å². The number of carbonyl (C=O) groups is 1. The lowest BCUT2D eigenvalue weighted by molar-refractivity contribution is 0.100. The van der Waals surface area contributed by atoms with Crippen molar-refractivity contribution in [3.05, 3.63) is 53.6 Å². The van der Waals surface area contributed by atoms with Crippen LogP contribution in [0.2, 0.25) is 0 Å². The number of carbonyl (C=O) groups excluding carboxylic acids is 1. The Bertz CT molecular complexity index is 641. The van der Waals surface area contributed by atoms with Crippen LogP contribution in [0.5, 0.6) is 11.5 Å². The highest BCUT2D eigenvalue weighted by atomic mass is 16.5. The highest BCUT2D eigenvalue weighted by molar-refractivity contribution is 5.93. The molecule has 0 aliphatic rings. The van der Waals surface area contributed by atoms with Crippen molar-refractivity contribution in [2.75, 3.05) is 19.5 Å². The summed E-state index contributed by atoms with van der Waals surface area (Å²) in [5.74, 6) is 0.935. The number of amides is 1. The van der Waals surface area contributed by atoms with Gasteiger partial charge in [0.05, 0.1) is 14.2 Å². The Labute approximate surface area is 123 Å². The van der Waals surface area contributed by atoms with E-state index in [9.17, 15) is 4.79 Å². The van der Waals surface area contributed by atoms with Crippen LogP contribution in [0.15, 0.2) is 42.5 Å². The second-order valence-corrected chi connectivity index (χ2v) is 4.49. The number of primary amides is 1. The van der Waals surface area contributed by atoms with Gasteiger partial charge in [0.1, 0.15) is 0 Å². The highest BCUT2D eigenvalue weighted by Crippen LogP contribution is 2.27. The molecule has 0 unspecified atom stereocenters. The average molecular weight is 286 g/mol. The minimum absolute atomic E-state index is 0.440. The van der Waals surface area contributed by atoms with Crippen LogP contribution in [0.4, 0.5) is 5.69 Å². The summed E-state index contributed by atoms with van der Waals surface area (Å²) in [6.45, 7) is 0.600. The number of rotatable bonds is 6. The molecular weight excluding hydrogens is 268 g/mol. The fourth-order valence-electron chi connectivity index (χ4n) is 1.98. The predicted molar refractivity (Wildman–Crippen MR) is 81.8 cm³/mol. The second kappa shape index (κ2) is 6.65. The topological polar surface area (TPSA) is 73.6 Å². The number of methoxy groups -OCH3 is 2. The van der Waals surface area contributed by atoms with Crippen LogP contribution in [0.3, 0.4) is 0 Å². The molecule has 5 nitrogen and oxygen atoms in total. The van der Waals surface area contributed by atoms with E-state index in [0.29, 0.717) is 23.6 Å². The average Bonchev–Trinajstić information content (AvgIpc) is 2.52. The summed E-state index contributed by atoms with van der Waals surface area (Å²) in [6, 6.07) is 12.8. The molecule has 0 aliphatic heterocycles. The van der Waals surface area contributed by atoms with Crippen molar-refractivity contribution in [3.63, 3.8) is 0 Å². The molecule has 0 saturated carbocycles. The molecule has 0 saturated heterocycles. The molecule has 0 atom stereocenters. The van der Waals surface area contributed by atoms with E-state index in [1.54, 1.807) is 32.4 Å². The van der Waals surface area contributed by atoms with Crippen LogP contribution in [0.25, 0.3) is 0 Å². The van der Waals surface area contributed by atoms with Gasteiger partial charge in [0.2, 0.25) is 5.91 Å². The molecule has 0 aliphatic carbocycles. The van der Waals surface area contributed by atoms with Crippen LogP contribution >= 0.6 is 0 Å². The lowest BCUT2D eigenvalue weighted by atomic mass is 10.1. The smallest absolute Gasteiger partial charge is 0.248 e. The summed E-state index contributed by atoms with van der Waals surface area (Å²) >= 11 is 0. The zero-order valence-corrected chi connectivity index (χ0v) is 12.1. The third-order valence-corrected chi connectivity index (χ3v) is 3.09. The molecule has 0 heterocycles. The summed E-state index contributed by atoms with van der Waals surface area (Å²) in [6.07, 6.45) is 0. The molecule has 0 aromatic heterocycles. The lowest BCUT2D eigenvalue weighted by Gasteiger charge is -2.11. The Hall–Kier alpha value is -2.69. The first-order chi connectivity index (χ1) is 10.1. The molecular formula is C16H18N2O3. The van der Waals surface area contributed by atoms with Gasteiger partial charge in [-0.15, -0.1) is 0 Å². The molecule has 2 aromatic carbocycles. The first-order valence-electron chi connectivity index (χ1n) is 6.48. The maximum absolute atomic E-state index is 11.1. The molecule has 0 radical (unpaired) electrons. The molecule has 0 fully saturated rings. The van der Waals surface area contributed by atoms with Crippen molar-refractivity contribution in [2.45, 2.75) is 6.54 Å². The molecule has 0 spiro atoms. The standard InChI is InChI=1S/C16H18N2O3/c1-20-14-7-6-11(8-15(14)21-2)10-18-13-5-3-4-12(9-13)16(17)19/h3-9,18H,10H2,1-2H3,(H2,17,19). The van der Waals surface area contributed by atoms with E-state index in [4.69, 9.17) is 15.2 Å². The van der Waals surface area contributed by atoms with Crippen LogP contribution in [-0.2, 0) is 6.54 Å². The Kier molecular flexibility index (Phi) is 4.66. The van der Waals surface area contributed by atoms with Gasteiger partial charge in [-0.2, -0.15) is 0 Å². The molecule has 2 aromatic rings. The van der Waals surface area contributed by atoms with E-state index in [-0.39, 0.29) is 0 Å². The van der Waals surface area contributed by atoms with Gasteiger partial charge >= 0.3 is 0 Å². The Balaban J connectivity index is 2.09. The van der Waals surface area contributed by atoms with Crippen molar-refractivity contribution in [1.82, 2.24) is 0 Å². The van der Waals surface area contributed by atoms with Gasteiger partial charge in [-0.3, -0.25) is 4.79 Å². The predicted octanol–water partition coefficient (Wildman–Crippen LogP) is 2.41. The van der Waals surface area contributed by atoms with Crippen LogP contribution < -0.4 is 20.5 Å². The van der Waals surface area contributed by atoms with E-state index < -0.39 is 5.91 Å². The molecule has 2 rings (SSSR count). The van der Waals surface area contributed by atoms with Crippen LogP contribution in [-0.4, -0.2) is 20.1 Å². The van der Waals surface area contributed by atoms with Gasteiger partial charge in [-0.25, -0.2) is 0 Å². The molecule has 0 bridgehead atoms. The fraction of sp³-hybridized carbons (Fsp3) is 0.188. The van der Waals surface area contributed by atoms with Gasteiger partial charge in [0.15, 0.2) is 11.5 Å². The zero-order valence-electron chi connectivity index (χ0n) is 12.1. The Morgan fingerprint density at radius 2 is 1.86 bits per heavy atom. The summed E-state index contributed by atoms with van der Waals surface area (Å²) in [7, 11) is 3.20. The van der Waals surface area contributed by atoms with Crippen molar-refractivity contribution in [1.29, 1.82) is 0 Å². The number of hydrogen-bond acceptors (Lipinski definition) is 4. The second-order valence-electron chi connectivity index (χ2n) is 4.49. The van der Waals surface area contributed by atoms with Gasteiger partial charge in [-0.05, 0) is 35.9 Å². The van der Waals surface area contributed by atoms with E-state index in [2.05, 4.69) is 5.32 Å². The van der Waals surface area contributed by atoms with E-state index in [0.717, 1.165) is 11.3 Å². The van der Waals surface area contributed by atoms with Crippen molar-refractivity contribution < 1.29 is 14.3 Å². The third kappa shape index (κ3) is 3.66. The summed E-state index contributed by atoms with van der Waals surface area (Å²) in [5.41, 5.74) is 7.61. The summed E-state index contributed by atoms with van der Waals surface area (Å²) in [5, 5.41) is 3.24. The maximum Gasteiger partial charge on any atom is 0.248 e. The van der Waals surface area contributed by atoms with Crippen molar-refractivity contribution in [2.24, 2.45) is 5.73 Å². The number of benzene rings is 2. The summed E-state index contributed by atoms with van der Waals surface area (Å²) < 4.78 is 10.5. The quantitative estimate of drug-likeness (QED) is 0.855. The van der Waals surface area contributed by atoms with Gasteiger partial charge in [0.25, 0.3) is 0 Å². The number of ether oxygens (including phenoxy) is 2. The lowest BCUT2D eigenvalue weighted by Crippen LogP contribution is -2.11. The van der Waals surface area contributed by atoms with E-state index >= 15 is 0 Å². The number of nitrogens with one attached hydrogen (secondary N) is 1. The van der Waals surface area contributed by atoms with Crippen LogP contribution in [0, 0.1) is 0 Å². The number of anilines is 1. The van der Waals surface area contributed by atoms with Crippen LogP contribution in [0.1, 0.15) is 15.9 Å². The monoisotopic (exact) mass is 286 g/mol. The van der Waals surface area contributed by atoms with Gasteiger partial charge < -0.3 is 20.5 Å². The molecule has 1 amide bonds. The minimum Gasteiger partial charge on any atom is -0.493 e. The largest absolute Gasteiger partial charge is 0.493 e. The normalized spacial score (nSPS) is 10.0. The fourth-order valence-corrected chi connectivity index (χ4v) is 1.98. The Morgan fingerprint density at radius 3 is 2.52 bits per heavy atom. The van der Waals surface area contributed by atoms with E-state index in [1.165, 1.54) is 0 Å². The molecule has 5 heteroatoms. The van der Waals surface area contributed by atoms with E-state index in [1.807, 2.05) is 24.3 Å². The number of nitrogens with two attached hydrogens (primary N) is 1. The zero-order chi connectivity index (χ0) is 15.2.